The van der Waals surface area contributed by atoms with Gasteiger partial charge >= 0.3 is 0 Å². The van der Waals surface area contributed by atoms with E-state index in [4.69, 9.17) is 11.6 Å². The lowest BCUT2D eigenvalue weighted by Crippen LogP contribution is -2.33. The monoisotopic (exact) mass is 287 g/mol. The molecule has 5 heteroatoms. The molecule has 0 unspecified atom stereocenters. The van der Waals surface area contributed by atoms with Gasteiger partial charge in [-0.05, 0) is 24.0 Å². The van der Waals surface area contributed by atoms with Crippen molar-refractivity contribution < 1.29 is 8.42 Å². The van der Waals surface area contributed by atoms with Crippen LogP contribution in [0.5, 0.6) is 0 Å². The van der Waals surface area contributed by atoms with Gasteiger partial charge in [0, 0.05) is 18.5 Å². The van der Waals surface area contributed by atoms with Gasteiger partial charge in [-0.2, -0.15) is 4.31 Å². The quantitative estimate of drug-likeness (QED) is 0.755. The Balaban J connectivity index is 2.15. The Morgan fingerprint density at radius 1 is 1.33 bits per heavy atom. The van der Waals surface area contributed by atoms with Crippen LogP contribution in [0.1, 0.15) is 30.9 Å². The van der Waals surface area contributed by atoms with E-state index in [-0.39, 0.29) is 11.8 Å². The van der Waals surface area contributed by atoms with E-state index in [0.717, 1.165) is 24.0 Å². The molecule has 0 aliphatic heterocycles. The molecule has 0 amide bonds. The molecule has 1 aromatic rings. The Morgan fingerprint density at radius 2 is 2.00 bits per heavy atom. The first-order valence-corrected chi connectivity index (χ1v) is 8.34. The molecule has 2 rings (SSSR count). The molecule has 0 radical (unpaired) electrons. The third-order valence-electron chi connectivity index (χ3n) is 3.12. The van der Waals surface area contributed by atoms with Crippen molar-refractivity contribution in [1.29, 1.82) is 0 Å². The second-order valence-electron chi connectivity index (χ2n) is 4.64. The summed E-state index contributed by atoms with van der Waals surface area (Å²) < 4.78 is 26.2. The van der Waals surface area contributed by atoms with E-state index in [2.05, 4.69) is 0 Å². The highest BCUT2D eigenvalue weighted by molar-refractivity contribution is 7.88. The summed E-state index contributed by atoms with van der Waals surface area (Å²) in [4.78, 5) is 0. The van der Waals surface area contributed by atoms with Gasteiger partial charge < -0.3 is 0 Å². The van der Waals surface area contributed by atoms with Gasteiger partial charge in [-0.3, -0.25) is 0 Å². The zero-order chi connectivity index (χ0) is 13.2. The van der Waals surface area contributed by atoms with Crippen LogP contribution in [0.3, 0.4) is 0 Å². The van der Waals surface area contributed by atoms with Crippen molar-refractivity contribution in [2.45, 2.75) is 37.4 Å². The first kappa shape index (κ1) is 13.8. The largest absolute Gasteiger partial charge is 0.218 e. The van der Waals surface area contributed by atoms with Crippen molar-refractivity contribution in [3.63, 3.8) is 0 Å². The topological polar surface area (TPSA) is 37.4 Å². The smallest absolute Gasteiger partial charge is 0.212 e. The van der Waals surface area contributed by atoms with Crippen molar-refractivity contribution in [2.24, 2.45) is 0 Å². The van der Waals surface area contributed by atoms with E-state index in [1.807, 2.05) is 31.2 Å². The number of rotatable bonds is 6. The second kappa shape index (κ2) is 5.59. The number of benzene rings is 1. The minimum Gasteiger partial charge on any atom is -0.212 e. The van der Waals surface area contributed by atoms with E-state index >= 15 is 0 Å². The van der Waals surface area contributed by atoms with Gasteiger partial charge in [-0.15, -0.1) is 11.6 Å². The summed E-state index contributed by atoms with van der Waals surface area (Å²) in [6.07, 6.45) is 1.99. The molecule has 0 atom stereocenters. The van der Waals surface area contributed by atoms with Gasteiger partial charge in [0.05, 0.1) is 5.75 Å². The average Bonchev–Trinajstić information content (AvgIpc) is 3.13. The van der Waals surface area contributed by atoms with Crippen LogP contribution < -0.4 is 0 Å². The SMILES string of the molecule is CCN(C1CC1)S(=O)(=O)Cc1cccc(CCl)c1. The molecular weight excluding hydrogens is 270 g/mol. The molecule has 1 aromatic carbocycles. The number of hydrogen-bond acceptors (Lipinski definition) is 2. The van der Waals surface area contributed by atoms with Crippen molar-refractivity contribution in [2.75, 3.05) is 6.54 Å². The molecule has 0 N–H and O–H groups in total. The Bertz CT molecular complexity index is 511. The molecule has 0 heterocycles. The predicted octanol–water partition coefficient (Wildman–Crippen LogP) is 2.74. The molecule has 0 saturated heterocycles. The van der Waals surface area contributed by atoms with Gasteiger partial charge in [0.1, 0.15) is 0 Å². The lowest BCUT2D eigenvalue weighted by Gasteiger charge is -2.20. The Labute approximate surface area is 114 Å². The average molecular weight is 288 g/mol. The highest BCUT2D eigenvalue weighted by atomic mass is 35.5. The standard InChI is InChI=1S/C13H18ClNO2S/c1-2-15(13-6-7-13)18(16,17)10-12-5-3-4-11(8-12)9-14/h3-5,8,13H,2,6-7,9-10H2,1H3. The third-order valence-corrected chi connectivity index (χ3v) is 5.40. The normalized spacial score (nSPS) is 16.2. The van der Waals surface area contributed by atoms with Crippen LogP contribution >= 0.6 is 11.6 Å². The van der Waals surface area contributed by atoms with Crippen LogP contribution in [0.2, 0.25) is 0 Å². The number of hydrogen-bond donors (Lipinski definition) is 0. The summed E-state index contributed by atoms with van der Waals surface area (Å²) in [5.74, 6) is 0.482. The van der Waals surface area contributed by atoms with Crippen molar-refractivity contribution in [3.05, 3.63) is 35.4 Å². The first-order chi connectivity index (χ1) is 8.56. The van der Waals surface area contributed by atoms with E-state index in [0.29, 0.717) is 12.4 Å². The maximum absolute atomic E-state index is 12.3. The van der Waals surface area contributed by atoms with Crippen LogP contribution in [0.25, 0.3) is 0 Å². The lowest BCUT2D eigenvalue weighted by molar-refractivity contribution is 0.420. The van der Waals surface area contributed by atoms with E-state index in [9.17, 15) is 8.42 Å². The van der Waals surface area contributed by atoms with Crippen molar-refractivity contribution >= 4 is 21.6 Å². The highest BCUT2D eigenvalue weighted by Gasteiger charge is 2.35. The molecule has 0 aromatic heterocycles. The molecule has 1 aliphatic carbocycles. The van der Waals surface area contributed by atoms with Crippen LogP contribution in [0, 0.1) is 0 Å². The minimum absolute atomic E-state index is 0.0715. The number of halogens is 1. The van der Waals surface area contributed by atoms with E-state index in [1.165, 1.54) is 0 Å². The van der Waals surface area contributed by atoms with Crippen molar-refractivity contribution in [3.8, 4) is 0 Å². The van der Waals surface area contributed by atoms with Gasteiger partial charge in [0.2, 0.25) is 10.0 Å². The predicted molar refractivity (Wildman–Crippen MR) is 74.0 cm³/mol. The Morgan fingerprint density at radius 3 is 2.56 bits per heavy atom. The van der Waals surface area contributed by atoms with Crippen LogP contribution in [0.4, 0.5) is 0 Å². The fourth-order valence-corrected chi connectivity index (χ4v) is 4.13. The second-order valence-corrected chi connectivity index (χ2v) is 6.83. The summed E-state index contributed by atoms with van der Waals surface area (Å²) in [7, 11) is -3.20. The highest BCUT2D eigenvalue weighted by Crippen LogP contribution is 2.30. The zero-order valence-corrected chi connectivity index (χ0v) is 12.0. The maximum Gasteiger partial charge on any atom is 0.218 e. The molecule has 0 spiro atoms. The molecule has 1 saturated carbocycles. The third kappa shape index (κ3) is 3.25. The molecule has 18 heavy (non-hydrogen) atoms. The minimum atomic E-state index is -3.20. The van der Waals surface area contributed by atoms with E-state index in [1.54, 1.807) is 4.31 Å². The fourth-order valence-electron chi connectivity index (χ4n) is 2.14. The molecular formula is C13H18ClNO2S. The van der Waals surface area contributed by atoms with Crippen LogP contribution in [-0.4, -0.2) is 25.3 Å². The summed E-state index contributed by atoms with van der Waals surface area (Å²) in [5.41, 5.74) is 1.77. The zero-order valence-electron chi connectivity index (χ0n) is 10.5. The summed E-state index contributed by atoms with van der Waals surface area (Å²) in [6.45, 7) is 2.45. The molecule has 1 aliphatic rings. The molecule has 100 valence electrons. The number of sulfonamides is 1. The molecule has 1 fully saturated rings. The number of nitrogens with zero attached hydrogens (tertiary/aromatic N) is 1. The fraction of sp³-hybridized carbons (Fsp3) is 0.538. The van der Waals surface area contributed by atoms with Gasteiger partial charge in [0.15, 0.2) is 0 Å². The summed E-state index contributed by atoms with van der Waals surface area (Å²) >= 11 is 5.76. The van der Waals surface area contributed by atoms with Crippen LogP contribution in [-0.2, 0) is 21.7 Å². The number of alkyl halides is 1. The van der Waals surface area contributed by atoms with Crippen LogP contribution in [0.15, 0.2) is 24.3 Å². The van der Waals surface area contributed by atoms with Gasteiger partial charge in [-0.1, -0.05) is 31.2 Å². The molecule has 0 bridgehead atoms. The summed E-state index contributed by atoms with van der Waals surface area (Å²) in [5, 5.41) is 0. The Kier molecular flexibility index (Phi) is 4.30. The molecule has 3 nitrogen and oxygen atoms in total. The summed E-state index contributed by atoms with van der Waals surface area (Å²) in [6, 6.07) is 7.70. The lowest BCUT2D eigenvalue weighted by atomic mass is 10.2. The Hall–Kier alpha value is -0.580. The van der Waals surface area contributed by atoms with E-state index < -0.39 is 10.0 Å². The maximum atomic E-state index is 12.3. The van der Waals surface area contributed by atoms with Crippen molar-refractivity contribution in [1.82, 2.24) is 4.31 Å². The van der Waals surface area contributed by atoms with Gasteiger partial charge in [0.25, 0.3) is 0 Å². The first-order valence-electron chi connectivity index (χ1n) is 6.20. The van der Waals surface area contributed by atoms with Gasteiger partial charge in [-0.25, -0.2) is 8.42 Å².